The Bertz CT molecular complexity index is 911. The SMILES string of the molecule is COc1cc(/C=C2\NC(=S)N(c3ccccc3C)C2=O)cc(Br)c1O. The van der Waals surface area contributed by atoms with E-state index in [1.165, 1.54) is 12.0 Å². The van der Waals surface area contributed by atoms with Crippen molar-refractivity contribution >= 4 is 50.9 Å². The van der Waals surface area contributed by atoms with Crippen LogP contribution in [-0.2, 0) is 4.79 Å². The molecule has 0 radical (unpaired) electrons. The first kappa shape index (κ1) is 17.4. The minimum Gasteiger partial charge on any atom is -0.503 e. The van der Waals surface area contributed by atoms with E-state index >= 15 is 0 Å². The second-order valence-corrected chi connectivity index (χ2v) is 6.71. The number of rotatable bonds is 3. The van der Waals surface area contributed by atoms with E-state index in [1.54, 1.807) is 18.2 Å². The van der Waals surface area contributed by atoms with Crippen LogP contribution in [0.1, 0.15) is 11.1 Å². The molecule has 1 aliphatic heterocycles. The van der Waals surface area contributed by atoms with Crippen molar-refractivity contribution < 1.29 is 14.6 Å². The molecule has 2 aromatic rings. The van der Waals surface area contributed by atoms with Gasteiger partial charge in [0.2, 0.25) is 0 Å². The Labute approximate surface area is 159 Å². The number of nitrogens with one attached hydrogen (secondary N) is 1. The van der Waals surface area contributed by atoms with E-state index < -0.39 is 0 Å². The van der Waals surface area contributed by atoms with E-state index in [4.69, 9.17) is 17.0 Å². The third kappa shape index (κ3) is 3.25. The van der Waals surface area contributed by atoms with Gasteiger partial charge < -0.3 is 15.2 Å². The molecule has 128 valence electrons. The molecule has 3 rings (SSSR count). The number of ether oxygens (including phenoxy) is 1. The number of phenolic OH excluding ortho intramolecular Hbond substituents is 1. The van der Waals surface area contributed by atoms with Crippen molar-refractivity contribution in [2.24, 2.45) is 0 Å². The smallest absolute Gasteiger partial charge is 0.281 e. The van der Waals surface area contributed by atoms with Crippen LogP contribution in [0.25, 0.3) is 6.08 Å². The highest BCUT2D eigenvalue weighted by Crippen LogP contribution is 2.36. The maximum atomic E-state index is 12.8. The number of aryl methyl sites for hydroxylation is 1. The maximum absolute atomic E-state index is 12.8. The molecule has 2 aromatic carbocycles. The number of benzene rings is 2. The minimum atomic E-state index is -0.234. The van der Waals surface area contributed by atoms with Crippen LogP contribution >= 0.6 is 28.1 Å². The second-order valence-electron chi connectivity index (χ2n) is 5.47. The van der Waals surface area contributed by atoms with Gasteiger partial charge in [0.1, 0.15) is 5.70 Å². The number of hydrogen-bond donors (Lipinski definition) is 2. The minimum absolute atomic E-state index is 0.00687. The molecule has 0 unspecified atom stereocenters. The van der Waals surface area contributed by atoms with E-state index in [-0.39, 0.29) is 11.7 Å². The monoisotopic (exact) mass is 418 g/mol. The summed E-state index contributed by atoms with van der Waals surface area (Å²) in [4.78, 5) is 14.3. The zero-order valence-electron chi connectivity index (χ0n) is 13.5. The Morgan fingerprint density at radius 2 is 2.04 bits per heavy atom. The highest BCUT2D eigenvalue weighted by Gasteiger charge is 2.32. The van der Waals surface area contributed by atoms with Gasteiger partial charge >= 0.3 is 0 Å². The van der Waals surface area contributed by atoms with Gasteiger partial charge in [0.15, 0.2) is 16.6 Å². The fourth-order valence-electron chi connectivity index (χ4n) is 2.57. The Balaban J connectivity index is 1.99. The number of para-hydroxylation sites is 1. The molecule has 0 spiro atoms. The molecule has 2 N–H and O–H groups in total. The molecule has 0 saturated carbocycles. The van der Waals surface area contributed by atoms with Crippen LogP contribution in [-0.4, -0.2) is 23.2 Å². The van der Waals surface area contributed by atoms with Gasteiger partial charge in [-0.1, -0.05) is 18.2 Å². The summed E-state index contributed by atoms with van der Waals surface area (Å²) in [6.07, 6.45) is 1.67. The van der Waals surface area contributed by atoms with Crippen LogP contribution in [0, 0.1) is 6.92 Å². The number of methoxy groups -OCH3 is 1. The molecular weight excluding hydrogens is 404 g/mol. The molecule has 5 nitrogen and oxygen atoms in total. The molecule has 7 heteroatoms. The van der Waals surface area contributed by atoms with Gasteiger partial charge in [-0.15, -0.1) is 0 Å². The number of nitrogens with zero attached hydrogens (tertiary/aromatic N) is 1. The number of anilines is 1. The predicted octanol–water partition coefficient (Wildman–Crippen LogP) is 3.73. The largest absolute Gasteiger partial charge is 0.503 e. The van der Waals surface area contributed by atoms with Gasteiger partial charge in [0.25, 0.3) is 5.91 Å². The van der Waals surface area contributed by atoms with E-state index in [9.17, 15) is 9.90 Å². The van der Waals surface area contributed by atoms with Gasteiger partial charge in [0, 0.05) is 0 Å². The second kappa shape index (κ2) is 6.85. The van der Waals surface area contributed by atoms with E-state index in [0.29, 0.717) is 26.6 Å². The molecule has 1 aliphatic rings. The fourth-order valence-corrected chi connectivity index (χ4v) is 3.32. The summed E-state index contributed by atoms with van der Waals surface area (Å²) in [7, 11) is 1.46. The fraction of sp³-hybridized carbons (Fsp3) is 0.111. The zero-order chi connectivity index (χ0) is 18.1. The van der Waals surface area contributed by atoms with Crippen molar-refractivity contribution in [2.45, 2.75) is 6.92 Å². The summed E-state index contributed by atoms with van der Waals surface area (Å²) < 4.78 is 5.61. The highest BCUT2D eigenvalue weighted by atomic mass is 79.9. The first-order chi connectivity index (χ1) is 11.9. The summed E-state index contributed by atoms with van der Waals surface area (Å²) in [5.41, 5.74) is 2.74. The van der Waals surface area contributed by atoms with Crippen LogP contribution in [0.15, 0.2) is 46.6 Å². The van der Waals surface area contributed by atoms with E-state index in [0.717, 1.165) is 11.3 Å². The molecular formula is C18H15BrN2O3S. The Morgan fingerprint density at radius 1 is 1.32 bits per heavy atom. The first-order valence-corrected chi connectivity index (χ1v) is 8.61. The van der Waals surface area contributed by atoms with Gasteiger partial charge in [-0.25, -0.2) is 0 Å². The molecule has 0 atom stereocenters. The number of amides is 1. The molecule has 1 amide bonds. The maximum Gasteiger partial charge on any atom is 0.281 e. The number of halogens is 1. The van der Waals surface area contributed by atoms with Crippen molar-refractivity contribution in [1.82, 2.24) is 5.32 Å². The quantitative estimate of drug-likeness (QED) is 0.587. The van der Waals surface area contributed by atoms with Gasteiger partial charge in [0.05, 0.1) is 17.3 Å². The Kier molecular flexibility index (Phi) is 4.78. The summed E-state index contributed by atoms with van der Waals surface area (Å²) in [5, 5.41) is 13.2. The molecule has 1 fully saturated rings. The lowest BCUT2D eigenvalue weighted by molar-refractivity contribution is -0.113. The number of aromatic hydroxyl groups is 1. The van der Waals surface area contributed by atoms with Crippen LogP contribution in [0.2, 0.25) is 0 Å². The summed E-state index contributed by atoms with van der Waals surface area (Å²) >= 11 is 8.60. The van der Waals surface area contributed by atoms with Crippen LogP contribution < -0.4 is 15.0 Å². The van der Waals surface area contributed by atoms with Crippen LogP contribution in [0.4, 0.5) is 5.69 Å². The lowest BCUT2D eigenvalue weighted by atomic mass is 10.1. The molecule has 0 aromatic heterocycles. The molecule has 0 aliphatic carbocycles. The van der Waals surface area contributed by atoms with Crippen LogP contribution in [0.5, 0.6) is 11.5 Å². The van der Waals surface area contributed by atoms with Gasteiger partial charge in [-0.2, -0.15) is 0 Å². The lowest BCUT2D eigenvalue weighted by Gasteiger charge is -2.16. The standard InChI is InChI=1S/C18H15BrN2O3S/c1-10-5-3-4-6-14(10)21-17(23)13(20-18(21)25)8-11-7-12(19)16(22)15(9-11)24-2/h3-9,22H,1-2H3,(H,20,25)/b13-8-. The van der Waals surface area contributed by atoms with E-state index in [2.05, 4.69) is 21.2 Å². The third-order valence-electron chi connectivity index (χ3n) is 3.82. The zero-order valence-corrected chi connectivity index (χ0v) is 15.9. The van der Waals surface area contributed by atoms with Gasteiger partial charge in [-0.3, -0.25) is 9.69 Å². The number of hydrogen-bond acceptors (Lipinski definition) is 4. The topological polar surface area (TPSA) is 61.8 Å². The highest BCUT2D eigenvalue weighted by molar-refractivity contribution is 9.10. The molecule has 25 heavy (non-hydrogen) atoms. The number of thiocarbonyl (C=S) groups is 1. The van der Waals surface area contributed by atoms with Crippen molar-refractivity contribution in [3.63, 3.8) is 0 Å². The Hall–Kier alpha value is -2.38. The van der Waals surface area contributed by atoms with Crippen molar-refractivity contribution in [3.8, 4) is 11.5 Å². The van der Waals surface area contributed by atoms with Crippen LogP contribution in [0.3, 0.4) is 0 Å². The average Bonchev–Trinajstić information content (AvgIpc) is 2.85. The predicted molar refractivity (Wildman–Crippen MR) is 105 cm³/mol. The molecule has 0 bridgehead atoms. The van der Waals surface area contributed by atoms with Crippen molar-refractivity contribution in [1.29, 1.82) is 0 Å². The molecule has 1 saturated heterocycles. The summed E-state index contributed by atoms with van der Waals surface area (Å²) in [6.45, 7) is 1.93. The van der Waals surface area contributed by atoms with Crippen molar-refractivity contribution in [3.05, 3.63) is 57.7 Å². The number of carbonyl (C=O) groups excluding carboxylic acids is 1. The summed E-state index contributed by atoms with van der Waals surface area (Å²) in [5.74, 6) is 0.0832. The Morgan fingerprint density at radius 3 is 2.72 bits per heavy atom. The first-order valence-electron chi connectivity index (χ1n) is 7.41. The van der Waals surface area contributed by atoms with Crippen molar-refractivity contribution in [2.75, 3.05) is 12.0 Å². The summed E-state index contributed by atoms with van der Waals surface area (Å²) in [6, 6.07) is 10.9. The normalized spacial score (nSPS) is 15.6. The molecule has 1 heterocycles. The number of carbonyl (C=O) groups is 1. The lowest BCUT2D eigenvalue weighted by Crippen LogP contribution is -2.30. The number of phenols is 1. The van der Waals surface area contributed by atoms with E-state index in [1.807, 2.05) is 31.2 Å². The average molecular weight is 419 g/mol. The third-order valence-corrected chi connectivity index (χ3v) is 4.71. The van der Waals surface area contributed by atoms with Gasteiger partial charge in [-0.05, 0) is 70.5 Å².